The van der Waals surface area contributed by atoms with Gasteiger partial charge < -0.3 is 11.1 Å². The third kappa shape index (κ3) is 1.63. The Morgan fingerprint density at radius 3 is 2.50 bits per heavy atom. The molecule has 0 unspecified atom stereocenters. The van der Waals surface area contributed by atoms with Crippen LogP contribution >= 0.6 is 12.2 Å². The van der Waals surface area contributed by atoms with Gasteiger partial charge in [0.2, 0.25) is 5.91 Å². The monoisotopic (exact) mass is 212 g/mol. The second-order valence-corrected chi connectivity index (χ2v) is 4.89. The molecule has 14 heavy (non-hydrogen) atoms. The molecule has 4 heteroatoms. The lowest BCUT2D eigenvalue weighted by atomic mass is 9.85. The minimum atomic E-state index is -0.473. The van der Waals surface area contributed by atoms with Crippen molar-refractivity contribution in [2.24, 2.45) is 17.1 Å². The smallest absolute Gasteiger partial charge is 0.233 e. The number of hydrogen-bond donors (Lipinski definition) is 2. The molecule has 2 saturated carbocycles. The second-order valence-electron chi connectivity index (χ2n) is 4.45. The van der Waals surface area contributed by atoms with Gasteiger partial charge in [-0.2, -0.15) is 0 Å². The standard InChI is InChI=1S/C10H16N2OS/c11-8(14)10(4-5-10)9(13)12-6-7-2-1-3-7/h7H,1-6H2,(H2,11,14)(H,12,13). The Kier molecular flexibility index (Phi) is 2.47. The third-order valence-corrected chi connectivity index (χ3v) is 3.82. The van der Waals surface area contributed by atoms with Crippen LogP contribution < -0.4 is 11.1 Å². The van der Waals surface area contributed by atoms with Gasteiger partial charge in [0.1, 0.15) is 0 Å². The van der Waals surface area contributed by atoms with E-state index in [1.165, 1.54) is 19.3 Å². The molecule has 1 amide bonds. The molecule has 0 aromatic rings. The zero-order valence-electron chi connectivity index (χ0n) is 8.21. The van der Waals surface area contributed by atoms with Crippen LogP contribution in [0.4, 0.5) is 0 Å². The van der Waals surface area contributed by atoms with E-state index < -0.39 is 5.41 Å². The highest BCUT2D eigenvalue weighted by molar-refractivity contribution is 7.80. The zero-order chi connectivity index (χ0) is 10.2. The zero-order valence-corrected chi connectivity index (χ0v) is 9.03. The minimum Gasteiger partial charge on any atom is -0.392 e. The molecule has 78 valence electrons. The first-order valence-electron chi connectivity index (χ1n) is 5.23. The number of rotatable bonds is 4. The molecule has 0 spiro atoms. The number of nitrogens with one attached hydrogen (secondary N) is 1. The predicted octanol–water partition coefficient (Wildman–Crippen LogP) is 0.969. The lowest BCUT2D eigenvalue weighted by molar-refractivity contribution is -0.124. The highest BCUT2D eigenvalue weighted by Gasteiger charge is 2.52. The number of nitrogens with two attached hydrogens (primary N) is 1. The van der Waals surface area contributed by atoms with Gasteiger partial charge in [0, 0.05) is 6.54 Å². The molecule has 3 N–H and O–H groups in total. The Labute approximate surface area is 89.4 Å². The molecule has 2 fully saturated rings. The van der Waals surface area contributed by atoms with Crippen molar-refractivity contribution in [3.63, 3.8) is 0 Å². The third-order valence-electron chi connectivity index (χ3n) is 3.43. The highest BCUT2D eigenvalue weighted by atomic mass is 32.1. The lowest BCUT2D eigenvalue weighted by Crippen LogP contribution is -2.42. The van der Waals surface area contributed by atoms with E-state index in [4.69, 9.17) is 18.0 Å². The second kappa shape index (κ2) is 3.50. The van der Waals surface area contributed by atoms with Gasteiger partial charge in [-0.3, -0.25) is 4.79 Å². The summed E-state index contributed by atoms with van der Waals surface area (Å²) in [7, 11) is 0. The fourth-order valence-corrected chi connectivity index (χ4v) is 2.11. The molecule has 0 aromatic heterocycles. The van der Waals surface area contributed by atoms with Gasteiger partial charge >= 0.3 is 0 Å². The van der Waals surface area contributed by atoms with Crippen LogP contribution in [0.5, 0.6) is 0 Å². The highest BCUT2D eigenvalue weighted by Crippen LogP contribution is 2.46. The van der Waals surface area contributed by atoms with Gasteiger partial charge in [-0.25, -0.2) is 0 Å². The van der Waals surface area contributed by atoms with E-state index in [1.54, 1.807) is 0 Å². The van der Waals surface area contributed by atoms with Crippen molar-refractivity contribution in [2.75, 3.05) is 6.54 Å². The van der Waals surface area contributed by atoms with Gasteiger partial charge in [-0.05, 0) is 31.6 Å². The van der Waals surface area contributed by atoms with Gasteiger partial charge in [-0.15, -0.1) is 0 Å². The van der Waals surface area contributed by atoms with Crippen LogP contribution in [0.15, 0.2) is 0 Å². The average Bonchev–Trinajstić information content (AvgIpc) is 2.80. The first kappa shape index (κ1) is 9.90. The van der Waals surface area contributed by atoms with Crippen molar-refractivity contribution in [1.29, 1.82) is 0 Å². The molecule has 3 nitrogen and oxygen atoms in total. The van der Waals surface area contributed by atoms with Crippen molar-refractivity contribution in [3.05, 3.63) is 0 Å². The van der Waals surface area contributed by atoms with Crippen LogP contribution in [-0.4, -0.2) is 17.4 Å². The Hall–Kier alpha value is -0.640. The van der Waals surface area contributed by atoms with Gasteiger partial charge in [0.25, 0.3) is 0 Å². The Bertz CT molecular complexity index is 269. The quantitative estimate of drug-likeness (QED) is 0.683. The SMILES string of the molecule is NC(=S)C1(C(=O)NCC2CCC2)CC1. The number of hydrogen-bond acceptors (Lipinski definition) is 2. The van der Waals surface area contributed by atoms with Crippen LogP contribution in [0.3, 0.4) is 0 Å². The molecule has 0 aliphatic heterocycles. The van der Waals surface area contributed by atoms with Crippen LogP contribution in [0.25, 0.3) is 0 Å². The summed E-state index contributed by atoms with van der Waals surface area (Å²) in [4.78, 5) is 12.1. The molecule has 0 radical (unpaired) electrons. The molecule has 0 heterocycles. The number of amides is 1. The molecule has 0 aromatic carbocycles. The van der Waals surface area contributed by atoms with E-state index in [0.717, 1.165) is 19.4 Å². The van der Waals surface area contributed by atoms with Crippen LogP contribution in [0.1, 0.15) is 32.1 Å². The molecule has 2 aliphatic carbocycles. The van der Waals surface area contributed by atoms with Crippen LogP contribution in [0, 0.1) is 11.3 Å². The Morgan fingerprint density at radius 1 is 1.50 bits per heavy atom. The summed E-state index contributed by atoms with van der Waals surface area (Å²) in [5.41, 5.74) is 5.08. The van der Waals surface area contributed by atoms with E-state index in [9.17, 15) is 4.79 Å². The predicted molar refractivity (Wildman–Crippen MR) is 58.8 cm³/mol. The van der Waals surface area contributed by atoms with E-state index in [-0.39, 0.29) is 5.91 Å². The summed E-state index contributed by atoms with van der Waals surface area (Å²) >= 11 is 4.91. The Morgan fingerprint density at radius 2 is 2.14 bits per heavy atom. The van der Waals surface area contributed by atoms with Crippen LogP contribution in [-0.2, 0) is 4.79 Å². The summed E-state index contributed by atoms with van der Waals surface area (Å²) in [6, 6.07) is 0. The van der Waals surface area contributed by atoms with Crippen molar-refractivity contribution in [3.8, 4) is 0 Å². The number of carbonyl (C=O) groups excluding carboxylic acids is 1. The lowest BCUT2D eigenvalue weighted by Gasteiger charge is -2.26. The van der Waals surface area contributed by atoms with E-state index >= 15 is 0 Å². The van der Waals surface area contributed by atoms with Gasteiger partial charge in [-0.1, -0.05) is 18.6 Å². The molecule has 2 aliphatic rings. The maximum atomic E-state index is 11.7. The molecule has 2 rings (SSSR count). The summed E-state index contributed by atoms with van der Waals surface area (Å²) in [5.74, 6) is 0.748. The van der Waals surface area contributed by atoms with E-state index in [0.29, 0.717) is 10.9 Å². The normalized spacial score (nSPS) is 23.7. The number of thiocarbonyl (C=S) groups is 1. The first-order chi connectivity index (χ1) is 6.65. The van der Waals surface area contributed by atoms with Crippen molar-refractivity contribution < 1.29 is 4.79 Å². The number of carbonyl (C=O) groups is 1. The minimum absolute atomic E-state index is 0.0527. The first-order valence-corrected chi connectivity index (χ1v) is 5.64. The van der Waals surface area contributed by atoms with Crippen molar-refractivity contribution >= 4 is 23.1 Å². The van der Waals surface area contributed by atoms with Crippen molar-refractivity contribution in [1.82, 2.24) is 5.32 Å². The maximum absolute atomic E-state index is 11.7. The molecular formula is C10H16N2OS. The molecule has 0 bridgehead atoms. The van der Waals surface area contributed by atoms with E-state index in [2.05, 4.69) is 5.32 Å². The molecule has 0 saturated heterocycles. The largest absolute Gasteiger partial charge is 0.392 e. The summed E-state index contributed by atoms with van der Waals surface area (Å²) < 4.78 is 0. The summed E-state index contributed by atoms with van der Waals surface area (Å²) in [6.45, 7) is 0.809. The molecule has 0 atom stereocenters. The fourth-order valence-electron chi connectivity index (χ4n) is 1.81. The summed E-state index contributed by atoms with van der Waals surface area (Å²) in [6.07, 6.45) is 5.47. The van der Waals surface area contributed by atoms with Crippen molar-refractivity contribution in [2.45, 2.75) is 32.1 Å². The van der Waals surface area contributed by atoms with E-state index in [1.807, 2.05) is 0 Å². The van der Waals surface area contributed by atoms with Crippen LogP contribution in [0.2, 0.25) is 0 Å². The van der Waals surface area contributed by atoms with Gasteiger partial charge in [0.15, 0.2) is 0 Å². The summed E-state index contributed by atoms with van der Waals surface area (Å²) in [5, 5.41) is 2.96. The Balaban J connectivity index is 1.80. The fraction of sp³-hybridized carbons (Fsp3) is 0.800. The van der Waals surface area contributed by atoms with Gasteiger partial charge in [0.05, 0.1) is 10.4 Å². The topological polar surface area (TPSA) is 55.1 Å². The molecular weight excluding hydrogens is 196 g/mol. The maximum Gasteiger partial charge on any atom is 0.233 e. The average molecular weight is 212 g/mol.